The highest BCUT2D eigenvalue weighted by Gasteiger charge is 2.07. The lowest BCUT2D eigenvalue weighted by atomic mass is 10.2. The highest BCUT2D eigenvalue weighted by atomic mass is 19.1. The molecule has 14 heavy (non-hydrogen) atoms. The summed E-state index contributed by atoms with van der Waals surface area (Å²) >= 11 is 0. The first-order chi connectivity index (χ1) is 6.68. The van der Waals surface area contributed by atoms with Gasteiger partial charge >= 0.3 is 0 Å². The zero-order chi connectivity index (χ0) is 10.1. The lowest BCUT2D eigenvalue weighted by Crippen LogP contribution is -1.97. The van der Waals surface area contributed by atoms with Gasteiger partial charge in [0.1, 0.15) is 11.6 Å². The molecule has 0 fully saturated rings. The van der Waals surface area contributed by atoms with Gasteiger partial charge in [0.2, 0.25) is 0 Å². The second-order valence-corrected chi connectivity index (χ2v) is 3.14. The minimum atomic E-state index is -0.417. The molecule has 0 aliphatic carbocycles. The van der Waals surface area contributed by atoms with Crippen molar-refractivity contribution in [2.75, 3.05) is 0 Å². The van der Waals surface area contributed by atoms with Gasteiger partial charge in [0, 0.05) is 18.5 Å². The quantitative estimate of drug-likeness (QED) is 0.656. The fraction of sp³-hybridized carbons (Fsp3) is 0.0909. The van der Waals surface area contributed by atoms with Gasteiger partial charge in [0.25, 0.3) is 0 Å². The first-order valence-electron chi connectivity index (χ1n) is 4.27. The summed E-state index contributed by atoms with van der Waals surface area (Å²) in [6, 6.07) is 5.92. The maximum absolute atomic E-state index is 13.4. The minimum absolute atomic E-state index is 0.234. The van der Waals surface area contributed by atoms with Crippen LogP contribution in [0.1, 0.15) is 5.56 Å². The summed E-state index contributed by atoms with van der Waals surface area (Å²) in [7, 11) is 0. The molecule has 0 unspecified atom stereocenters. The van der Waals surface area contributed by atoms with Crippen LogP contribution in [0.25, 0.3) is 5.69 Å². The Hall–Kier alpha value is -1.64. The smallest absolute Gasteiger partial charge is 0.147 e. The fourth-order valence-corrected chi connectivity index (χ4v) is 1.33. The molecule has 2 rings (SSSR count). The van der Waals surface area contributed by atoms with Crippen LogP contribution in [0, 0.1) is 18.6 Å². The standard InChI is InChI=1S/C11H9F2N/c1-8-6-10(13)11(7-9(8)12)14-4-2-3-5-14/h2-7H,1H3. The number of benzene rings is 1. The largest absolute Gasteiger partial charge is 0.321 e. The van der Waals surface area contributed by atoms with Crippen LogP contribution >= 0.6 is 0 Å². The van der Waals surface area contributed by atoms with Gasteiger partial charge in [0.15, 0.2) is 0 Å². The van der Waals surface area contributed by atoms with Crippen molar-refractivity contribution < 1.29 is 8.78 Å². The second-order valence-electron chi connectivity index (χ2n) is 3.14. The van der Waals surface area contributed by atoms with E-state index in [1.165, 1.54) is 23.6 Å². The number of nitrogens with zero attached hydrogens (tertiary/aromatic N) is 1. The predicted molar refractivity (Wildman–Crippen MR) is 50.4 cm³/mol. The molecule has 0 radical (unpaired) electrons. The Morgan fingerprint density at radius 3 is 2.29 bits per heavy atom. The number of hydrogen-bond acceptors (Lipinski definition) is 0. The van der Waals surface area contributed by atoms with E-state index in [9.17, 15) is 8.78 Å². The van der Waals surface area contributed by atoms with Gasteiger partial charge in [-0.3, -0.25) is 0 Å². The van der Waals surface area contributed by atoms with Crippen LogP contribution in [0.2, 0.25) is 0 Å². The van der Waals surface area contributed by atoms with Crippen molar-refractivity contribution in [2.24, 2.45) is 0 Å². The molecule has 72 valence electrons. The predicted octanol–water partition coefficient (Wildman–Crippen LogP) is 3.06. The molecule has 2 aromatic rings. The number of aromatic nitrogens is 1. The van der Waals surface area contributed by atoms with E-state index in [2.05, 4.69) is 0 Å². The van der Waals surface area contributed by atoms with Gasteiger partial charge in [-0.15, -0.1) is 0 Å². The lowest BCUT2D eigenvalue weighted by molar-refractivity contribution is 0.585. The number of halogens is 2. The molecule has 0 saturated heterocycles. The molecular formula is C11H9F2N. The van der Waals surface area contributed by atoms with E-state index < -0.39 is 11.6 Å². The zero-order valence-electron chi connectivity index (χ0n) is 7.67. The topological polar surface area (TPSA) is 4.93 Å². The molecule has 1 nitrogen and oxygen atoms in total. The average molecular weight is 193 g/mol. The van der Waals surface area contributed by atoms with Crippen LogP contribution in [0.4, 0.5) is 8.78 Å². The fourth-order valence-electron chi connectivity index (χ4n) is 1.33. The SMILES string of the molecule is Cc1cc(F)c(-n2cccc2)cc1F. The maximum atomic E-state index is 13.4. The van der Waals surface area contributed by atoms with Gasteiger partial charge < -0.3 is 4.57 Å². The molecule has 0 N–H and O–H groups in total. The Morgan fingerprint density at radius 1 is 1.00 bits per heavy atom. The van der Waals surface area contributed by atoms with E-state index in [1.807, 2.05) is 0 Å². The Kier molecular flexibility index (Phi) is 2.08. The van der Waals surface area contributed by atoms with E-state index in [-0.39, 0.29) is 5.69 Å². The molecule has 0 atom stereocenters. The average Bonchev–Trinajstić information content (AvgIpc) is 2.64. The number of rotatable bonds is 1. The van der Waals surface area contributed by atoms with Crippen molar-refractivity contribution in [3.63, 3.8) is 0 Å². The van der Waals surface area contributed by atoms with Crippen LogP contribution in [-0.2, 0) is 0 Å². The highest BCUT2D eigenvalue weighted by Crippen LogP contribution is 2.17. The molecule has 1 aromatic heterocycles. The lowest BCUT2D eigenvalue weighted by Gasteiger charge is -2.06. The van der Waals surface area contributed by atoms with Crippen LogP contribution in [0.15, 0.2) is 36.7 Å². The summed E-state index contributed by atoms with van der Waals surface area (Å²) in [4.78, 5) is 0. The molecule has 0 saturated carbocycles. The molecule has 0 aliphatic heterocycles. The van der Waals surface area contributed by atoms with Crippen LogP contribution in [-0.4, -0.2) is 4.57 Å². The van der Waals surface area contributed by atoms with Gasteiger partial charge in [-0.25, -0.2) is 8.78 Å². The maximum Gasteiger partial charge on any atom is 0.147 e. The van der Waals surface area contributed by atoms with E-state index in [1.54, 1.807) is 24.5 Å². The third kappa shape index (κ3) is 1.41. The van der Waals surface area contributed by atoms with Crippen molar-refractivity contribution in [3.8, 4) is 5.69 Å². The molecule has 0 amide bonds. The van der Waals surface area contributed by atoms with E-state index >= 15 is 0 Å². The third-order valence-electron chi connectivity index (χ3n) is 2.11. The van der Waals surface area contributed by atoms with Crippen molar-refractivity contribution >= 4 is 0 Å². The first-order valence-corrected chi connectivity index (χ1v) is 4.27. The molecule has 1 heterocycles. The molecule has 0 spiro atoms. The van der Waals surface area contributed by atoms with Crippen molar-refractivity contribution in [2.45, 2.75) is 6.92 Å². The van der Waals surface area contributed by atoms with Crippen LogP contribution in [0.3, 0.4) is 0 Å². The highest BCUT2D eigenvalue weighted by molar-refractivity contribution is 5.37. The normalized spacial score (nSPS) is 10.5. The second kappa shape index (κ2) is 3.25. The summed E-state index contributed by atoms with van der Waals surface area (Å²) in [5.74, 6) is -0.810. The summed E-state index contributed by atoms with van der Waals surface area (Å²) in [6.45, 7) is 1.54. The van der Waals surface area contributed by atoms with Gasteiger partial charge in [-0.1, -0.05) is 0 Å². The minimum Gasteiger partial charge on any atom is -0.321 e. The van der Waals surface area contributed by atoms with Gasteiger partial charge in [0.05, 0.1) is 5.69 Å². The molecule has 0 bridgehead atoms. The summed E-state index contributed by atoms with van der Waals surface area (Å²) in [5, 5.41) is 0. The van der Waals surface area contributed by atoms with Gasteiger partial charge in [-0.2, -0.15) is 0 Å². The summed E-state index contributed by atoms with van der Waals surface area (Å²) in [6.07, 6.45) is 3.35. The van der Waals surface area contributed by atoms with Crippen molar-refractivity contribution in [3.05, 3.63) is 53.9 Å². The van der Waals surface area contributed by atoms with Crippen LogP contribution in [0.5, 0.6) is 0 Å². The Bertz CT molecular complexity index is 447. The van der Waals surface area contributed by atoms with E-state index in [0.717, 1.165) is 0 Å². The van der Waals surface area contributed by atoms with Crippen molar-refractivity contribution in [1.29, 1.82) is 0 Å². The molecule has 1 aromatic carbocycles. The molecular weight excluding hydrogens is 184 g/mol. The monoisotopic (exact) mass is 193 g/mol. The molecule has 3 heteroatoms. The van der Waals surface area contributed by atoms with E-state index in [4.69, 9.17) is 0 Å². The Labute approximate surface area is 80.6 Å². The molecule has 0 aliphatic rings. The van der Waals surface area contributed by atoms with Crippen LogP contribution < -0.4 is 0 Å². The zero-order valence-corrected chi connectivity index (χ0v) is 7.67. The third-order valence-corrected chi connectivity index (χ3v) is 2.11. The van der Waals surface area contributed by atoms with E-state index in [0.29, 0.717) is 5.56 Å². The van der Waals surface area contributed by atoms with Crippen molar-refractivity contribution in [1.82, 2.24) is 4.57 Å². The first kappa shape index (κ1) is 8.94. The van der Waals surface area contributed by atoms with Gasteiger partial charge in [-0.05, 0) is 30.7 Å². The Balaban J connectivity index is 2.60. The summed E-state index contributed by atoms with van der Waals surface area (Å²) in [5.41, 5.74) is 0.552. The Morgan fingerprint density at radius 2 is 1.64 bits per heavy atom. The number of aryl methyl sites for hydroxylation is 1. The summed E-state index contributed by atoms with van der Waals surface area (Å²) < 4.78 is 28.1. The number of hydrogen-bond donors (Lipinski definition) is 0.